The first-order chi connectivity index (χ1) is 7.00. The maximum Gasteiger partial charge on any atom is 0.268 e. The van der Waals surface area contributed by atoms with Crippen molar-refractivity contribution in [1.82, 2.24) is 4.90 Å². The molecule has 1 rings (SSSR count). The molecule has 1 amide bonds. The van der Waals surface area contributed by atoms with E-state index in [-0.39, 0.29) is 5.88 Å². The summed E-state index contributed by atoms with van der Waals surface area (Å²) in [6.07, 6.45) is -0.591. The number of hydrogen-bond donors (Lipinski definition) is 0. The molecule has 0 aliphatic carbocycles. The molecule has 0 aromatic rings. The van der Waals surface area contributed by atoms with Crippen molar-refractivity contribution in [2.24, 2.45) is 0 Å². The summed E-state index contributed by atoms with van der Waals surface area (Å²) in [7, 11) is 0. The van der Waals surface area contributed by atoms with Crippen LogP contribution < -0.4 is 0 Å². The van der Waals surface area contributed by atoms with Crippen LogP contribution in [-0.4, -0.2) is 35.2 Å². The van der Waals surface area contributed by atoms with Crippen LogP contribution in [0.25, 0.3) is 0 Å². The first kappa shape index (κ1) is 14.1. The van der Waals surface area contributed by atoms with Gasteiger partial charge in [-0.2, -0.15) is 5.26 Å². The molecule has 1 aliphatic rings. The number of nitrogens with zero attached hydrogens (tertiary/aromatic N) is 2. The Labute approximate surface area is 92.6 Å². The molecule has 1 saturated heterocycles. The van der Waals surface area contributed by atoms with Crippen LogP contribution >= 0.6 is 11.6 Å². The van der Waals surface area contributed by atoms with Gasteiger partial charge in [0.05, 0.1) is 12.6 Å². The van der Waals surface area contributed by atoms with Gasteiger partial charge < -0.3 is 4.90 Å². The van der Waals surface area contributed by atoms with Gasteiger partial charge in [-0.3, -0.25) is 4.79 Å². The third-order valence-electron chi connectivity index (χ3n) is 1.85. The topological polar surface area (TPSA) is 44.1 Å². The molecule has 1 fully saturated rings. The molecule has 0 radical (unpaired) electrons. The van der Waals surface area contributed by atoms with E-state index in [4.69, 9.17) is 16.9 Å². The van der Waals surface area contributed by atoms with Gasteiger partial charge in [-0.25, -0.2) is 8.78 Å². The summed E-state index contributed by atoms with van der Waals surface area (Å²) in [5.41, 5.74) is 0. The lowest BCUT2D eigenvalue weighted by Crippen LogP contribution is -2.36. The zero-order chi connectivity index (χ0) is 12.1. The number of nitriles is 1. The van der Waals surface area contributed by atoms with Gasteiger partial charge in [0.2, 0.25) is 5.91 Å². The maximum absolute atomic E-state index is 12.7. The van der Waals surface area contributed by atoms with Crippen molar-refractivity contribution in [1.29, 1.82) is 5.26 Å². The van der Waals surface area contributed by atoms with Crippen LogP contribution in [0.4, 0.5) is 8.78 Å². The smallest absolute Gasteiger partial charge is 0.268 e. The van der Waals surface area contributed by atoms with Crippen molar-refractivity contribution >= 4 is 17.5 Å². The number of alkyl halides is 3. The quantitative estimate of drug-likeness (QED) is 0.656. The molecule has 0 N–H and O–H groups in total. The fraction of sp³-hybridized carbons (Fsp3) is 0.778. The monoisotopic (exact) mass is 238 g/mol. The molecule has 0 aromatic heterocycles. The third-order valence-corrected chi connectivity index (χ3v) is 2.08. The average Bonchev–Trinajstić information content (AvgIpc) is 2.55. The molecular formula is C9H13ClF2N2O. The Morgan fingerprint density at radius 3 is 2.60 bits per heavy atom. The Morgan fingerprint density at radius 2 is 2.20 bits per heavy atom. The first-order valence-corrected chi connectivity index (χ1v) is 5.16. The second kappa shape index (κ2) is 5.86. The summed E-state index contributed by atoms with van der Waals surface area (Å²) < 4.78 is 25.5. The number of halogens is 3. The van der Waals surface area contributed by atoms with Crippen molar-refractivity contribution in [2.75, 3.05) is 12.4 Å². The van der Waals surface area contributed by atoms with E-state index in [0.717, 1.165) is 4.90 Å². The molecule has 1 heterocycles. The number of carbonyl (C=O) groups excluding carboxylic acids is 1. The van der Waals surface area contributed by atoms with E-state index in [1.165, 1.54) is 0 Å². The van der Waals surface area contributed by atoms with E-state index in [0.29, 0.717) is 0 Å². The highest BCUT2D eigenvalue weighted by molar-refractivity contribution is 6.27. The van der Waals surface area contributed by atoms with Crippen LogP contribution in [0, 0.1) is 11.3 Å². The van der Waals surface area contributed by atoms with Crippen LogP contribution in [0.5, 0.6) is 0 Å². The first-order valence-electron chi connectivity index (χ1n) is 4.63. The van der Waals surface area contributed by atoms with Gasteiger partial charge in [-0.05, 0) is 0 Å². The Balaban J connectivity index is 0.000000921. The molecule has 0 spiro atoms. The van der Waals surface area contributed by atoms with E-state index >= 15 is 0 Å². The summed E-state index contributed by atoms with van der Waals surface area (Å²) in [6, 6.07) is 0.611. The van der Waals surface area contributed by atoms with Crippen LogP contribution in [0.2, 0.25) is 0 Å². The summed E-state index contributed by atoms with van der Waals surface area (Å²) >= 11 is 5.20. The molecule has 0 saturated carbocycles. The van der Waals surface area contributed by atoms with Crippen molar-refractivity contribution in [3.8, 4) is 6.07 Å². The summed E-state index contributed by atoms with van der Waals surface area (Å²) in [6.45, 7) is 3.30. The minimum absolute atomic E-state index is 0.367. The zero-order valence-corrected chi connectivity index (χ0v) is 9.39. The third kappa shape index (κ3) is 3.63. The van der Waals surface area contributed by atoms with Crippen molar-refractivity contribution in [3.05, 3.63) is 0 Å². The molecule has 1 unspecified atom stereocenters. The van der Waals surface area contributed by atoms with Gasteiger partial charge in [-0.15, -0.1) is 11.6 Å². The summed E-state index contributed by atoms with van der Waals surface area (Å²) in [4.78, 5) is 11.8. The SMILES string of the molecule is CC.N#CC1CC(F)(F)CN1C(=O)CCl. The Morgan fingerprint density at radius 1 is 1.67 bits per heavy atom. The van der Waals surface area contributed by atoms with E-state index in [1.807, 2.05) is 13.8 Å². The standard InChI is InChI=1S/C7H7ClF2N2O.C2H6/c8-2-6(13)12-4-7(9,10)1-5(12)3-11;1-2/h5H,1-2,4H2;1-2H3. The largest absolute Gasteiger partial charge is 0.319 e. The fourth-order valence-electron chi connectivity index (χ4n) is 1.27. The summed E-state index contributed by atoms with van der Waals surface area (Å²) in [5, 5.41) is 8.49. The van der Waals surface area contributed by atoms with E-state index in [2.05, 4.69) is 0 Å². The normalized spacial score (nSPS) is 22.7. The van der Waals surface area contributed by atoms with Crippen molar-refractivity contribution < 1.29 is 13.6 Å². The molecule has 0 bridgehead atoms. The average molecular weight is 239 g/mol. The van der Waals surface area contributed by atoms with Crippen LogP contribution in [0.15, 0.2) is 0 Å². The highest BCUT2D eigenvalue weighted by Gasteiger charge is 2.46. The Bertz CT molecular complexity index is 265. The molecule has 1 atom stereocenters. The lowest BCUT2D eigenvalue weighted by molar-refractivity contribution is -0.129. The molecular weight excluding hydrogens is 226 g/mol. The van der Waals surface area contributed by atoms with E-state index < -0.39 is 30.8 Å². The Kier molecular flexibility index (Phi) is 5.51. The molecule has 3 nitrogen and oxygen atoms in total. The van der Waals surface area contributed by atoms with E-state index in [9.17, 15) is 13.6 Å². The van der Waals surface area contributed by atoms with Gasteiger partial charge in [0.25, 0.3) is 5.92 Å². The summed E-state index contributed by atoms with van der Waals surface area (Å²) in [5.74, 6) is -3.94. The van der Waals surface area contributed by atoms with Gasteiger partial charge in [0.15, 0.2) is 0 Å². The fourth-order valence-corrected chi connectivity index (χ4v) is 1.42. The van der Waals surface area contributed by atoms with Gasteiger partial charge >= 0.3 is 0 Å². The predicted molar refractivity (Wildman–Crippen MR) is 52.7 cm³/mol. The van der Waals surface area contributed by atoms with E-state index in [1.54, 1.807) is 6.07 Å². The minimum Gasteiger partial charge on any atom is -0.319 e. The number of carbonyl (C=O) groups is 1. The van der Waals surface area contributed by atoms with Crippen LogP contribution in [0.1, 0.15) is 20.3 Å². The number of likely N-dealkylation sites (tertiary alicyclic amines) is 1. The maximum atomic E-state index is 12.7. The van der Waals surface area contributed by atoms with Crippen LogP contribution in [-0.2, 0) is 4.79 Å². The number of rotatable bonds is 1. The van der Waals surface area contributed by atoms with Crippen LogP contribution in [0.3, 0.4) is 0 Å². The lowest BCUT2D eigenvalue weighted by Gasteiger charge is -2.17. The highest BCUT2D eigenvalue weighted by atomic mass is 35.5. The Hall–Kier alpha value is -0.890. The zero-order valence-electron chi connectivity index (χ0n) is 8.64. The lowest BCUT2D eigenvalue weighted by atomic mass is 10.2. The number of amides is 1. The highest BCUT2D eigenvalue weighted by Crippen LogP contribution is 2.31. The molecule has 15 heavy (non-hydrogen) atoms. The van der Waals surface area contributed by atoms with Gasteiger partial charge in [0.1, 0.15) is 11.9 Å². The molecule has 1 aliphatic heterocycles. The number of hydrogen-bond acceptors (Lipinski definition) is 2. The second-order valence-corrected chi connectivity index (χ2v) is 3.13. The van der Waals surface area contributed by atoms with Gasteiger partial charge in [-0.1, -0.05) is 13.8 Å². The molecule has 86 valence electrons. The second-order valence-electron chi connectivity index (χ2n) is 2.86. The predicted octanol–water partition coefficient (Wildman–Crippen LogP) is 2.01. The van der Waals surface area contributed by atoms with Crippen molar-refractivity contribution in [2.45, 2.75) is 32.2 Å². The molecule has 6 heteroatoms. The van der Waals surface area contributed by atoms with Gasteiger partial charge in [0, 0.05) is 6.42 Å². The molecule has 0 aromatic carbocycles. The minimum atomic E-state index is -2.96. The van der Waals surface area contributed by atoms with Crippen molar-refractivity contribution in [3.63, 3.8) is 0 Å².